The van der Waals surface area contributed by atoms with E-state index in [2.05, 4.69) is 10.4 Å². The lowest BCUT2D eigenvalue weighted by atomic mass is 10.00. The van der Waals surface area contributed by atoms with Gasteiger partial charge < -0.3 is 11.1 Å². The van der Waals surface area contributed by atoms with Crippen LogP contribution in [0.15, 0.2) is 11.0 Å². The largest absolute Gasteiger partial charge is 0.377 e. The smallest absolute Gasteiger partial charge is 0.287 e. The van der Waals surface area contributed by atoms with Gasteiger partial charge in [-0.2, -0.15) is 5.10 Å². The summed E-state index contributed by atoms with van der Waals surface area (Å²) in [7, 11) is 0. The number of aryl methyl sites for hydroxylation is 1. The van der Waals surface area contributed by atoms with Crippen LogP contribution in [0.5, 0.6) is 0 Å². The number of anilines is 1. The number of hydrogen-bond acceptors (Lipinski definition) is 4. The summed E-state index contributed by atoms with van der Waals surface area (Å²) in [6, 6.07) is 0. The van der Waals surface area contributed by atoms with E-state index in [1.54, 1.807) is 13.8 Å². The Labute approximate surface area is 116 Å². The number of carbonyl (C=O) groups is 1. The lowest BCUT2D eigenvalue weighted by molar-refractivity contribution is -0.118. The van der Waals surface area contributed by atoms with Crippen molar-refractivity contribution < 1.29 is 4.79 Å². The average Bonchev–Trinajstić information content (AvgIpc) is 2.27. The first-order valence-corrected chi connectivity index (χ1v) is 6.46. The molecule has 0 spiro atoms. The molecule has 19 heavy (non-hydrogen) atoms. The number of aromatic nitrogens is 2. The van der Waals surface area contributed by atoms with Gasteiger partial charge in [-0.25, -0.2) is 4.68 Å². The van der Waals surface area contributed by atoms with Gasteiger partial charge in [0.1, 0.15) is 5.02 Å². The van der Waals surface area contributed by atoms with Crippen LogP contribution >= 0.6 is 11.6 Å². The zero-order valence-corrected chi connectivity index (χ0v) is 12.1. The highest BCUT2D eigenvalue weighted by molar-refractivity contribution is 6.32. The van der Waals surface area contributed by atoms with Crippen molar-refractivity contribution in [2.45, 2.75) is 45.7 Å². The third-order valence-corrected chi connectivity index (χ3v) is 2.87. The van der Waals surface area contributed by atoms with Crippen molar-refractivity contribution in [2.24, 2.45) is 5.73 Å². The van der Waals surface area contributed by atoms with E-state index in [9.17, 15) is 9.59 Å². The normalized spacial score (nSPS) is 11.4. The van der Waals surface area contributed by atoms with E-state index in [1.165, 1.54) is 10.9 Å². The van der Waals surface area contributed by atoms with Gasteiger partial charge in [-0.15, -0.1) is 0 Å². The van der Waals surface area contributed by atoms with Crippen LogP contribution in [0.2, 0.25) is 5.02 Å². The first-order valence-electron chi connectivity index (χ1n) is 6.09. The molecule has 1 aromatic rings. The van der Waals surface area contributed by atoms with Crippen LogP contribution in [0.4, 0.5) is 5.69 Å². The molecule has 0 radical (unpaired) electrons. The Hall–Kier alpha value is -1.56. The van der Waals surface area contributed by atoms with Crippen LogP contribution in [0, 0.1) is 0 Å². The summed E-state index contributed by atoms with van der Waals surface area (Å²) in [5.74, 6) is -0.430. The highest BCUT2D eigenvalue weighted by atomic mass is 35.5. The zero-order valence-electron chi connectivity index (χ0n) is 11.4. The second kappa shape index (κ2) is 6.06. The zero-order chi connectivity index (χ0) is 14.6. The monoisotopic (exact) mass is 286 g/mol. The fourth-order valence-electron chi connectivity index (χ4n) is 1.77. The predicted octanol–water partition coefficient (Wildman–Crippen LogP) is 1.37. The van der Waals surface area contributed by atoms with Crippen LogP contribution in [0.25, 0.3) is 0 Å². The van der Waals surface area contributed by atoms with Gasteiger partial charge in [0.2, 0.25) is 5.91 Å². The predicted molar refractivity (Wildman–Crippen MR) is 75.3 cm³/mol. The molecule has 1 heterocycles. The number of nitrogens with one attached hydrogen (secondary N) is 1. The van der Waals surface area contributed by atoms with E-state index in [0.29, 0.717) is 12.2 Å². The van der Waals surface area contributed by atoms with Crippen LogP contribution in [0.3, 0.4) is 0 Å². The number of carbonyl (C=O) groups excluding carboxylic acids is 1. The van der Waals surface area contributed by atoms with Gasteiger partial charge in [0, 0.05) is 18.5 Å². The molecule has 0 aliphatic rings. The number of nitrogens with zero attached hydrogens (tertiary/aromatic N) is 2. The first-order chi connectivity index (χ1) is 8.76. The highest BCUT2D eigenvalue weighted by Gasteiger charge is 2.22. The molecule has 0 saturated heterocycles. The lowest BCUT2D eigenvalue weighted by Gasteiger charge is -2.26. The van der Waals surface area contributed by atoms with Gasteiger partial charge in [0.25, 0.3) is 5.56 Å². The van der Waals surface area contributed by atoms with Gasteiger partial charge in [0.05, 0.1) is 11.9 Å². The summed E-state index contributed by atoms with van der Waals surface area (Å²) < 4.78 is 1.31. The van der Waals surface area contributed by atoms with Crippen molar-refractivity contribution >= 4 is 23.2 Å². The van der Waals surface area contributed by atoms with Crippen molar-refractivity contribution in [3.05, 3.63) is 21.6 Å². The second-order valence-electron chi connectivity index (χ2n) is 5.05. The number of hydrogen-bond donors (Lipinski definition) is 2. The van der Waals surface area contributed by atoms with Gasteiger partial charge in [-0.05, 0) is 20.3 Å². The molecule has 0 unspecified atom stereocenters. The molecule has 1 rings (SSSR count). The average molecular weight is 287 g/mol. The fraction of sp³-hybridized carbons (Fsp3) is 0.583. The molecule has 1 amide bonds. The molecule has 0 fully saturated rings. The van der Waals surface area contributed by atoms with Crippen molar-refractivity contribution in [3.8, 4) is 0 Å². The van der Waals surface area contributed by atoms with Crippen molar-refractivity contribution in [1.82, 2.24) is 9.78 Å². The lowest BCUT2D eigenvalue weighted by Crippen LogP contribution is -2.37. The van der Waals surface area contributed by atoms with Crippen LogP contribution in [-0.4, -0.2) is 21.2 Å². The molecule has 3 N–H and O–H groups in total. The molecular weight excluding hydrogens is 268 g/mol. The summed E-state index contributed by atoms with van der Waals surface area (Å²) in [6.45, 7) is 6.06. The third kappa shape index (κ3) is 4.24. The SMILES string of the molecule is CCCn1ncc(NC(C)(C)CC(N)=O)c(Cl)c1=O. The Morgan fingerprint density at radius 1 is 1.58 bits per heavy atom. The molecule has 6 nitrogen and oxygen atoms in total. The summed E-state index contributed by atoms with van der Waals surface area (Å²) in [6.07, 6.45) is 2.41. The topological polar surface area (TPSA) is 90.0 Å². The number of rotatable bonds is 6. The molecule has 106 valence electrons. The minimum atomic E-state index is -0.597. The Morgan fingerprint density at radius 2 is 2.21 bits per heavy atom. The van der Waals surface area contributed by atoms with Gasteiger partial charge >= 0.3 is 0 Å². The van der Waals surface area contributed by atoms with Gasteiger partial charge in [-0.3, -0.25) is 9.59 Å². The first kappa shape index (κ1) is 15.5. The highest BCUT2D eigenvalue weighted by Crippen LogP contribution is 2.22. The van der Waals surface area contributed by atoms with Crippen LogP contribution in [0.1, 0.15) is 33.6 Å². The Bertz CT molecular complexity index is 525. The molecule has 0 aliphatic carbocycles. The Balaban J connectivity index is 3.00. The maximum Gasteiger partial charge on any atom is 0.287 e. The van der Waals surface area contributed by atoms with Crippen molar-refractivity contribution in [2.75, 3.05) is 5.32 Å². The number of amides is 1. The van der Waals surface area contributed by atoms with E-state index in [-0.39, 0.29) is 17.0 Å². The molecule has 7 heteroatoms. The summed E-state index contributed by atoms with van der Waals surface area (Å²) >= 11 is 6.02. The van der Waals surface area contributed by atoms with E-state index >= 15 is 0 Å². The minimum absolute atomic E-state index is 0.0704. The molecule has 0 aromatic carbocycles. The van der Waals surface area contributed by atoms with E-state index in [4.69, 9.17) is 17.3 Å². The van der Waals surface area contributed by atoms with Crippen LogP contribution in [-0.2, 0) is 11.3 Å². The number of nitrogens with two attached hydrogens (primary N) is 1. The van der Waals surface area contributed by atoms with Crippen molar-refractivity contribution in [1.29, 1.82) is 0 Å². The van der Waals surface area contributed by atoms with Gasteiger partial charge in [-0.1, -0.05) is 18.5 Å². The standard InChI is InChI=1S/C12H19ClN4O2/c1-4-5-17-11(19)10(13)8(7-15-17)16-12(2,3)6-9(14)18/h7,16H,4-6H2,1-3H3,(H2,14,18). The maximum atomic E-state index is 11.9. The summed E-state index contributed by atoms with van der Waals surface area (Å²) in [4.78, 5) is 22.9. The maximum absolute atomic E-state index is 11.9. The van der Waals surface area contributed by atoms with E-state index in [0.717, 1.165) is 6.42 Å². The summed E-state index contributed by atoms with van der Waals surface area (Å²) in [5.41, 5.74) is 4.64. The van der Waals surface area contributed by atoms with Crippen LogP contribution < -0.4 is 16.6 Å². The Morgan fingerprint density at radius 3 is 2.74 bits per heavy atom. The van der Waals surface area contributed by atoms with E-state index < -0.39 is 11.4 Å². The molecule has 0 bridgehead atoms. The number of halogens is 1. The van der Waals surface area contributed by atoms with Crippen molar-refractivity contribution in [3.63, 3.8) is 0 Å². The van der Waals surface area contributed by atoms with Gasteiger partial charge in [0.15, 0.2) is 0 Å². The van der Waals surface area contributed by atoms with E-state index in [1.807, 2.05) is 6.92 Å². The fourth-order valence-corrected chi connectivity index (χ4v) is 1.96. The molecule has 0 atom stereocenters. The number of primary amides is 1. The Kier molecular flexibility index (Phi) is 4.94. The molecule has 1 aromatic heterocycles. The third-order valence-electron chi connectivity index (χ3n) is 2.51. The minimum Gasteiger partial charge on any atom is -0.377 e. The molecule has 0 saturated carbocycles. The summed E-state index contributed by atoms with van der Waals surface area (Å²) in [5, 5.41) is 7.12. The molecular formula is C12H19ClN4O2. The second-order valence-corrected chi connectivity index (χ2v) is 5.43. The quantitative estimate of drug-likeness (QED) is 0.826. The molecule has 0 aliphatic heterocycles.